The Labute approximate surface area is 176 Å². The molecule has 0 radical (unpaired) electrons. The molecule has 4 rings (SSSR count). The molecule has 1 N–H and O–H groups in total. The van der Waals surface area contributed by atoms with Crippen molar-refractivity contribution >= 4 is 35.4 Å². The highest BCUT2D eigenvalue weighted by Gasteiger charge is 2.38. The molecule has 0 bridgehead atoms. The largest absolute Gasteiger partial charge is 0.425 e. The van der Waals surface area contributed by atoms with Gasteiger partial charge in [-0.3, -0.25) is 4.79 Å². The number of nitrogens with one attached hydrogen (secondary N) is 1. The molecule has 1 aromatic rings. The van der Waals surface area contributed by atoms with E-state index in [4.69, 9.17) is 0 Å². The average Bonchev–Trinajstić information content (AvgIpc) is 2.72. The van der Waals surface area contributed by atoms with Crippen LogP contribution in [-0.4, -0.2) is 40.4 Å². The smallest absolute Gasteiger partial charge is 0.349 e. The molecule has 0 saturated heterocycles. The Morgan fingerprint density at radius 3 is 2.79 bits per heavy atom. The van der Waals surface area contributed by atoms with Gasteiger partial charge >= 0.3 is 5.91 Å². The molecule has 1 atom stereocenters. The fourth-order valence-corrected chi connectivity index (χ4v) is 5.32. The molecular formula is C24H27N2O2S+. The third-order valence-electron chi connectivity index (χ3n) is 5.74. The van der Waals surface area contributed by atoms with Gasteiger partial charge in [0, 0.05) is 17.7 Å². The normalized spacial score (nSPS) is 23.8. The van der Waals surface area contributed by atoms with Crippen LogP contribution in [0.3, 0.4) is 0 Å². The van der Waals surface area contributed by atoms with Crippen LogP contribution in [0.25, 0.3) is 6.08 Å². The summed E-state index contributed by atoms with van der Waals surface area (Å²) in [7, 11) is 1.79. The summed E-state index contributed by atoms with van der Waals surface area (Å²) in [5.74, 6) is -0.0626. The van der Waals surface area contributed by atoms with E-state index in [2.05, 4.69) is 11.4 Å². The van der Waals surface area contributed by atoms with E-state index in [9.17, 15) is 9.59 Å². The van der Waals surface area contributed by atoms with Crippen molar-refractivity contribution in [3.8, 4) is 0 Å². The van der Waals surface area contributed by atoms with Crippen LogP contribution in [0.1, 0.15) is 43.2 Å². The van der Waals surface area contributed by atoms with Crippen molar-refractivity contribution in [1.82, 2.24) is 5.32 Å². The van der Waals surface area contributed by atoms with E-state index in [1.807, 2.05) is 49.4 Å². The van der Waals surface area contributed by atoms with Crippen LogP contribution < -0.4 is 5.32 Å². The van der Waals surface area contributed by atoms with E-state index in [0.717, 1.165) is 29.0 Å². The zero-order chi connectivity index (χ0) is 20.4. The van der Waals surface area contributed by atoms with Crippen LogP contribution >= 0.6 is 11.8 Å². The second-order valence-corrected chi connectivity index (χ2v) is 9.20. The molecule has 1 fully saturated rings. The number of benzene rings is 1. The van der Waals surface area contributed by atoms with Crippen LogP contribution in [0, 0.1) is 6.92 Å². The maximum atomic E-state index is 12.9. The molecule has 5 heteroatoms. The number of aryl methyl sites for hydroxylation is 1. The fourth-order valence-electron chi connectivity index (χ4n) is 4.10. The minimum absolute atomic E-state index is 0.0265. The Bertz CT molecular complexity index is 965. The predicted molar refractivity (Wildman–Crippen MR) is 119 cm³/mol. The molecule has 29 heavy (non-hydrogen) atoms. The lowest BCUT2D eigenvalue weighted by molar-refractivity contribution is -0.413. The second kappa shape index (κ2) is 8.54. The maximum Gasteiger partial charge on any atom is 0.425 e. The van der Waals surface area contributed by atoms with Crippen molar-refractivity contribution in [2.75, 3.05) is 7.05 Å². The van der Waals surface area contributed by atoms with E-state index in [1.54, 1.807) is 23.4 Å². The number of allylic oxidation sites excluding steroid dienone is 1. The highest BCUT2D eigenvalue weighted by atomic mass is 32.2. The number of hydrogen-bond acceptors (Lipinski definition) is 3. The lowest BCUT2D eigenvalue weighted by Gasteiger charge is -2.24. The first kappa shape index (κ1) is 19.9. The summed E-state index contributed by atoms with van der Waals surface area (Å²) in [5, 5.41) is 3.21. The van der Waals surface area contributed by atoms with Gasteiger partial charge in [0.1, 0.15) is 17.2 Å². The van der Waals surface area contributed by atoms with Crippen LogP contribution in [0.5, 0.6) is 0 Å². The van der Waals surface area contributed by atoms with Gasteiger partial charge in [0.05, 0.1) is 0 Å². The number of carbonyl (C=O) groups is 2. The summed E-state index contributed by atoms with van der Waals surface area (Å²) >= 11 is 1.55. The number of likely N-dealkylation sites (N-methyl/N-ethyl adjacent to an activating group) is 1. The first-order chi connectivity index (χ1) is 14.0. The SMILES string of the molecule is Cc1cccc(/C=C2\SC3C=CC(C(=O)NC4CCCCC4)=CC3=[N+](C)C2=O)c1. The quantitative estimate of drug-likeness (QED) is 0.608. The number of rotatable bonds is 3. The minimum Gasteiger partial charge on any atom is -0.349 e. The maximum absolute atomic E-state index is 12.9. The molecule has 0 spiro atoms. The summed E-state index contributed by atoms with van der Waals surface area (Å²) in [4.78, 5) is 26.3. The van der Waals surface area contributed by atoms with E-state index in [0.29, 0.717) is 5.57 Å². The summed E-state index contributed by atoms with van der Waals surface area (Å²) in [6, 6.07) is 8.41. The van der Waals surface area contributed by atoms with Crippen molar-refractivity contribution in [2.45, 2.75) is 50.3 Å². The Morgan fingerprint density at radius 1 is 1.24 bits per heavy atom. The van der Waals surface area contributed by atoms with Crippen molar-refractivity contribution in [3.63, 3.8) is 0 Å². The lowest BCUT2D eigenvalue weighted by Crippen LogP contribution is -2.40. The topological polar surface area (TPSA) is 49.2 Å². The molecular weight excluding hydrogens is 380 g/mol. The van der Waals surface area contributed by atoms with Crippen LogP contribution in [0.2, 0.25) is 0 Å². The van der Waals surface area contributed by atoms with Gasteiger partial charge in [0.15, 0.2) is 0 Å². The number of hydrogen-bond donors (Lipinski definition) is 1. The first-order valence-electron chi connectivity index (χ1n) is 10.3. The molecule has 1 heterocycles. The zero-order valence-electron chi connectivity index (χ0n) is 17.0. The van der Waals surface area contributed by atoms with E-state index in [1.165, 1.54) is 24.8 Å². The molecule has 2 aliphatic carbocycles. The molecule has 2 amide bonds. The van der Waals surface area contributed by atoms with Crippen molar-refractivity contribution < 1.29 is 14.2 Å². The van der Waals surface area contributed by atoms with Gasteiger partial charge < -0.3 is 5.32 Å². The Kier molecular flexibility index (Phi) is 5.86. The van der Waals surface area contributed by atoms with Crippen LogP contribution in [0.15, 0.2) is 53.0 Å². The van der Waals surface area contributed by atoms with E-state index < -0.39 is 0 Å². The number of amides is 2. The molecule has 1 unspecified atom stereocenters. The number of nitrogens with zero attached hydrogens (tertiary/aromatic N) is 1. The first-order valence-corrected chi connectivity index (χ1v) is 11.2. The number of thioether (sulfide) groups is 1. The molecule has 150 valence electrons. The average molecular weight is 408 g/mol. The minimum atomic E-state index is -0.0361. The van der Waals surface area contributed by atoms with Gasteiger partial charge in [-0.05, 0) is 31.4 Å². The fraction of sp³-hybridized carbons (Fsp3) is 0.375. The highest BCUT2D eigenvalue weighted by molar-refractivity contribution is 8.05. The van der Waals surface area contributed by atoms with Crippen LogP contribution in [0.4, 0.5) is 0 Å². The standard InChI is InChI=1S/C24H26N2O2S/c1-16-7-6-8-17(13-16)14-22-24(28)26(2)20-15-18(11-12-21(20)29-22)23(27)25-19-9-4-3-5-10-19/h6-8,11-15,19,21H,3-5,9-10H2,1-2H3/p+1/b22-14-. The molecule has 4 nitrogen and oxygen atoms in total. The molecule has 3 aliphatic rings. The van der Waals surface area contributed by atoms with E-state index in [-0.39, 0.29) is 23.1 Å². The molecule has 1 saturated carbocycles. The summed E-state index contributed by atoms with van der Waals surface area (Å²) in [6.07, 6.45) is 13.5. The zero-order valence-corrected chi connectivity index (χ0v) is 17.8. The summed E-state index contributed by atoms with van der Waals surface area (Å²) < 4.78 is 1.68. The third kappa shape index (κ3) is 4.45. The molecule has 0 aromatic heterocycles. The van der Waals surface area contributed by atoms with Gasteiger partial charge in [-0.25, -0.2) is 4.79 Å². The van der Waals surface area contributed by atoms with Gasteiger partial charge in [-0.2, -0.15) is 4.58 Å². The Morgan fingerprint density at radius 2 is 2.03 bits per heavy atom. The monoisotopic (exact) mass is 407 g/mol. The van der Waals surface area contributed by atoms with Gasteiger partial charge in [-0.15, -0.1) is 0 Å². The highest BCUT2D eigenvalue weighted by Crippen LogP contribution is 2.33. The number of fused-ring (bicyclic) bond motifs is 1. The molecule has 1 aromatic carbocycles. The third-order valence-corrected chi connectivity index (χ3v) is 6.94. The summed E-state index contributed by atoms with van der Waals surface area (Å²) in [5.41, 5.74) is 3.70. The van der Waals surface area contributed by atoms with Crippen LogP contribution in [-0.2, 0) is 9.59 Å². The summed E-state index contributed by atoms with van der Waals surface area (Å²) in [6.45, 7) is 2.05. The van der Waals surface area contributed by atoms with E-state index >= 15 is 0 Å². The predicted octanol–water partition coefficient (Wildman–Crippen LogP) is 4.01. The Hall–Kier alpha value is -2.40. The number of carbonyl (C=O) groups excluding carboxylic acids is 2. The van der Waals surface area contributed by atoms with Crippen molar-refractivity contribution in [3.05, 3.63) is 64.1 Å². The van der Waals surface area contributed by atoms with Crippen molar-refractivity contribution in [2.24, 2.45) is 0 Å². The van der Waals surface area contributed by atoms with Gasteiger partial charge in [0.2, 0.25) is 5.71 Å². The Balaban J connectivity index is 1.55. The van der Waals surface area contributed by atoms with Gasteiger partial charge in [0.25, 0.3) is 5.91 Å². The molecule has 1 aliphatic heterocycles. The van der Waals surface area contributed by atoms with Gasteiger partial charge in [-0.1, -0.05) is 73.0 Å². The lowest BCUT2D eigenvalue weighted by atomic mass is 9.95. The second-order valence-electron chi connectivity index (χ2n) is 8.02. The van der Waals surface area contributed by atoms with Crippen molar-refractivity contribution in [1.29, 1.82) is 0 Å².